The molecule has 1 aromatic carbocycles. The van der Waals surface area contributed by atoms with Crippen LogP contribution in [0.2, 0.25) is 0 Å². The smallest absolute Gasteiger partial charge is 0.218 e. The predicted molar refractivity (Wildman–Crippen MR) is 89.6 cm³/mol. The van der Waals surface area contributed by atoms with Crippen LogP contribution in [0.25, 0.3) is 0 Å². The van der Waals surface area contributed by atoms with Crippen molar-refractivity contribution < 1.29 is 8.95 Å². The van der Waals surface area contributed by atoms with Crippen LogP contribution >= 0.6 is 0 Å². The standard InChI is InChI=1S/C17H22N2O2S/c1-12-9-13(2)19-17(21-3)16(12)11-18-10-14-5-7-15(8-6-14)22(4)20/h5-9,18H,10-11H2,1-4H3. The average molecular weight is 318 g/mol. The molecule has 0 radical (unpaired) electrons. The van der Waals surface area contributed by atoms with Crippen molar-refractivity contribution >= 4 is 10.8 Å². The maximum Gasteiger partial charge on any atom is 0.218 e. The highest BCUT2D eigenvalue weighted by Gasteiger charge is 2.09. The van der Waals surface area contributed by atoms with E-state index in [2.05, 4.69) is 23.3 Å². The molecule has 1 unspecified atom stereocenters. The van der Waals surface area contributed by atoms with Gasteiger partial charge in [0, 0.05) is 46.3 Å². The van der Waals surface area contributed by atoms with E-state index in [1.54, 1.807) is 13.4 Å². The lowest BCUT2D eigenvalue weighted by Gasteiger charge is -2.13. The van der Waals surface area contributed by atoms with Crippen LogP contribution in [0.5, 0.6) is 5.88 Å². The maximum absolute atomic E-state index is 11.4. The Bertz CT molecular complexity index is 669. The Morgan fingerprint density at radius 1 is 1.18 bits per heavy atom. The van der Waals surface area contributed by atoms with Crippen molar-refractivity contribution in [1.82, 2.24) is 10.3 Å². The summed E-state index contributed by atoms with van der Waals surface area (Å²) in [5, 5.41) is 3.41. The minimum atomic E-state index is -0.928. The van der Waals surface area contributed by atoms with Gasteiger partial charge in [0.15, 0.2) is 0 Å². The van der Waals surface area contributed by atoms with Crippen LogP contribution in [-0.4, -0.2) is 22.6 Å². The van der Waals surface area contributed by atoms with Crippen molar-refractivity contribution in [1.29, 1.82) is 0 Å². The largest absolute Gasteiger partial charge is 0.481 e. The van der Waals surface area contributed by atoms with Gasteiger partial charge in [-0.3, -0.25) is 4.21 Å². The number of pyridine rings is 1. The Morgan fingerprint density at radius 3 is 2.45 bits per heavy atom. The second-order valence-corrected chi connectivity index (χ2v) is 6.65. The molecule has 1 N–H and O–H groups in total. The van der Waals surface area contributed by atoms with Gasteiger partial charge >= 0.3 is 0 Å². The summed E-state index contributed by atoms with van der Waals surface area (Å²) < 4.78 is 16.7. The molecule has 0 spiro atoms. The minimum absolute atomic E-state index is 0.682. The molecule has 0 fully saturated rings. The van der Waals surface area contributed by atoms with Crippen LogP contribution in [0.4, 0.5) is 0 Å². The van der Waals surface area contributed by atoms with Gasteiger partial charge in [-0.2, -0.15) is 0 Å². The van der Waals surface area contributed by atoms with Gasteiger partial charge in [-0.25, -0.2) is 4.98 Å². The van der Waals surface area contributed by atoms with Gasteiger partial charge in [-0.1, -0.05) is 12.1 Å². The Kier molecular flexibility index (Phi) is 5.69. The van der Waals surface area contributed by atoms with Gasteiger partial charge in [0.05, 0.1) is 7.11 Å². The summed E-state index contributed by atoms with van der Waals surface area (Å²) in [6.07, 6.45) is 1.69. The SMILES string of the molecule is COc1nc(C)cc(C)c1CNCc1ccc(S(C)=O)cc1. The van der Waals surface area contributed by atoms with Gasteiger partial charge in [0.1, 0.15) is 0 Å². The van der Waals surface area contributed by atoms with Crippen LogP contribution in [-0.2, 0) is 23.9 Å². The lowest BCUT2D eigenvalue weighted by Crippen LogP contribution is -2.15. The third-order valence-corrected chi connectivity index (χ3v) is 4.45. The number of methoxy groups -OCH3 is 1. The first-order chi connectivity index (χ1) is 10.5. The highest BCUT2D eigenvalue weighted by Crippen LogP contribution is 2.20. The van der Waals surface area contributed by atoms with Crippen molar-refractivity contribution in [3.05, 3.63) is 52.7 Å². The normalized spacial score (nSPS) is 12.2. The van der Waals surface area contributed by atoms with Crippen molar-refractivity contribution in [2.75, 3.05) is 13.4 Å². The number of benzene rings is 1. The van der Waals surface area contributed by atoms with E-state index in [9.17, 15) is 4.21 Å². The van der Waals surface area contributed by atoms with E-state index < -0.39 is 10.8 Å². The van der Waals surface area contributed by atoms with Crippen molar-refractivity contribution in [3.8, 4) is 5.88 Å². The van der Waals surface area contributed by atoms with E-state index in [1.165, 1.54) is 5.56 Å². The molecule has 1 aromatic heterocycles. The molecule has 0 bridgehead atoms. The topological polar surface area (TPSA) is 51.2 Å². The molecule has 0 saturated carbocycles. The van der Waals surface area contributed by atoms with E-state index in [1.807, 2.05) is 31.2 Å². The number of nitrogens with zero attached hydrogens (tertiary/aromatic N) is 1. The van der Waals surface area contributed by atoms with Crippen LogP contribution < -0.4 is 10.1 Å². The number of nitrogens with one attached hydrogen (secondary N) is 1. The monoisotopic (exact) mass is 318 g/mol. The molecular weight excluding hydrogens is 296 g/mol. The molecule has 4 nitrogen and oxygen atoms in total. The van der Waals surface area contributed by atoms with Crippen LogP contribution in [0.1, 0.15) is 22.4 Å². The molecule has 0 aliphatic heterocycles. The number of hydrogen-bond acceptors (Lipinski definition) is 4. The molecule has 22 heavy (non-hydrogen) atoms. The Labute approximate surface area is 134 Å². The zero-order valence-electron chi connectivity index (χ0n) is 13.5. The summed E-state index contributed by atoms with van der Waals surface area (Å²) >= 11 is 0. The van der Waals surface area contributed by atoms with Gasteiger partial charge in [0.25, 0.3) is 0 Å². The molecular formula is C17H22N2O2S. The summed E-state index contributed by atoms with van der Waals surface area (Å²) in [7, 11) is 0.720. The molecule has 2 aromatic rings. The number of aromatic nitrogens is 1. The first kappa shape index (κ1) is 16.6. The van der Waals surface area contributed by atoms with Gasteiger partial charge in [-0.15, -0.1) is 0 Å². The third-order valence-electron chi connectivity index (χ3n) is 3.52. The first-order valence-electron chi connectivity index (χ1n) is 7.15. The molecule has 1 heterocycles. The fourth-order valence-electron chi connectivity index (χ4n) is 2.34. The Hall–Kier alpha value is -1.72. The zero-order chi connectivity index (χ0) is 16.1. The van der Waals surface area contributed by atoms with Gasteiger partial charge in [0.2, 0.25) is 5.88 Å². The number of hydrogen-bond donors (Lipinski definition) is 1. The minimum Gasteiger partial charge on any atom is -0.481 e. The summed E-state index contributed by atoms with van der Waals surface area (Å²) in [5.41, 5.74) is 4.38. The molecule has 1 atom stereocenters. The second kappa shape index (κ2) is 7.51. The quantitative estimate of drug-likeness (QED) is 0.890. The summed E-state index contributed by atoms with van der Waals surface area (Å²) in [6, 6.07) is 9.88. The number of aryl methyl sites for hydroxylation is 2. The molecule has 5 heteroatoms. The molecule has 0 aliphatic rings. The highest BCUT2D eigenvalue weighted by atomic mass is 32.2. The Morgan fingerprint density at radius 2 is 1.86 bits per heavy atom. The lowest BCUT2D eigenvalue weighted by atomic mass is 10.1. The van der Waals surface area contributed by atoms with Crippen molar-refractivity contribution in [2.45, 2.75) is 31.8 Å². The van der Waals surface area contributed by atoms with Crippen molar-refractivity contribution in [3.63, 3.8) is 0 Å². The lowest BCUT2D eigenvalue weighted by molar-refractivity contribution is 0.389. The Balaban J connectivity index is 2.00. The van der Waals surface area contributed by atoms with E-state index >= 15 is 0 Å². The van der Waals surface area contributed by atoms with E-state index in [0.29, 0.717) is 12.4 Å². The van der Waals surface area contributed by atoms with E-state index in [-0.39, 0.29) is 0 Å². The second-order valence-electron chi connectivity index (χ2n) is 5.27. The van der Waals surface area contributed by atoms with Crippen molar-refractivity contribution in [2.24, 2.45) is 0 Å². The summed E-state index contributed by atoms with van der Waals surface area (Å²) in [6.45, 7) is 5.47. The summed E-state index contributed by atoms with van der Waals surface area (Å²) in [5.74, 6) is 0.682. The fraction of sp³-hybridized carbons (Fsp3) is 0.353. The van der Waals surface area contributed by atoms with E-state index in [4.69, 9.17) is 4.74 Å². The van der Waals surface area contributed by atoms with Crippen LogP contribution in [0.3, 0.4) is 0 Å². The summed E-state index contributed by atoms with van der Waals surface area (Å²) in [4.78, 5) is 5.26. The van der Waals surface area contributed by atoms with Gasteiger partial charge in [-0.05, 0) is 43.2 Å². The zero-order valence-corrected chi connectivity index (χ0v) is 14.3. The maximum atomic E-state index is 11.4. The van der Waals surface area contributed by atoms with Crippen LogP contribution in [0.15, 0.2) is 35.2 Å². The fourth-order valence-corrected chi connectivity index (χ4v) is 2.86. The predicted octanol–water partition coefficient (Wildman–Crippen LogP) is 2.73. The van der Waals surface area contributed by atoms with Gasteiger partial charge < -0.3 is 10.1 Å². The molecule has 0 amide bonds. The molecule has 118 valence electrons. The molecule has 2 rings (SSSR count). The highest BCUT2D eigenvalue weighted by molar-refractivity contribution is 7.84. The van der Waals surface area contributed by atoms with Crippen LogP contribution in [0, 0.1) is 13.8 Å². The average Bonchev–Trinajstić information content (AvgIpc) is 2.49. The molecule has 0 saturated heterocycles. The number of rotatable bonds is 6. The first-order valence-corrected chi connectivity index (χ1v) is 8.71. The molecule has 0 aliphatic carbocycles. The third kappa shape index (κ3) is 4.15. The number of ether oxygens (including phenoxy) is 1. The van der Waals surface area contributed by atoms with E-state index in [0.717, 1.165) is 28.3 Å².